The molecule has 0 saturated heterocycles. The molecule has 0 N–H and O–H groups in total. The van der Waals surface area contributed by atoms with E-state index in [1.807, 2.05) is 0 Å². The van der Waals surface area contributed by atoms with Gasteiger partial charge in [0, 0.05) is 0 Å². The van der Waals surface area contributed by atoms with E-state index in [0.717, 1.165) is 0 Å². The molecular weight excluding hydrogens is 178 g/mol. The van der Waals surface area contributed by atoms with Crippen molar-refractivity contribution in [3.05, 3.63) is 0 Å². The molecule has 0 amide bonds. The van der Waals surface area contributed by atoms with Crippen LogP contribution in [0.3, 0.4) is 0 Å². The van der Waals surface area contributed by atoms with Crippen LogP contribution in [0.4, 0.5) is 26.3 Å². The molecule has 0 fully saturated rings. The van der Waals surface area contributed by atoms with Gasteiger partial charge in [-0.05, 0) is 0 Å². The maximum atomic E-state index is 11.0. The molecule has 0 aliphatic heterocycles. The van der Waals surface area contributed by atoms with Crippen molar-refractivity contribution >= 4 is 6.01 Å². The Labute approximate surface area is 56.3 Å². The smallest absolute Gasteiger partial charge is 0.148 e. The Kier molecular flexibility index (Phi) is 2.64. The summed E-state index contributed by atoms with van der Waals surface area (Å²) in [5, 5.41) is 0. The highest BCUT2D eigenvalue weighted by Crippen LogP contribution is 2.17. The van der Waals surface area contributed by atoms with Gasteiger partial charge in [-0.3, -0.25) is 0 Å². The molecule has 0 saturated carbocycles. The third-order valence-corrected chi connectivity index (χ3v) is 0.354. The van der Waals surface area contributed by atoms with Crippen molar-refractivity contribution in [2.75, 3.05) is 0 Å². The molecule has 0 atom stereocenters. The predicted octanol–water partition coefficient (Wildman–Crippen LogP) is 2.20. The fourth-order valence-electron chi connectivity index (χ4n) is 0.138. The Bertz CT molecular complexity index is 163. The summed E-state index contributed by atoms with van der Waals surface area (Å²) in [5.41, 5.74) is 0. The lowest BCUT2D eigenvalue weighted by atomic mass is 11.1. The zero-order chi connectivity index (χ0) is 9.12. The van der Waals surface area contributed by atoms with Crippen LogP contribution >= 0.6 is 0 Å². The molecule has 0 aliphatic rings. The molecule has 0 aliphatic carbocycles. The van der Waals surface area contributed by atoms with E-state index in [0.29, 0.717) is 6.01 Å². The van der Waals surface area contributed by atoms with Crippen molar-refractivity contribution < 1.29 is 26.3 Å². The maximum Gasteiger partial charge on any atom is 0.512 e. The average Bonchev–Trinajstić information content (AvgIpc) is 1.55. The van der Waals surface area contributed by atoms with E-state index >= 15 is 0 Å². The molecule has 8 heteroatoms. The zero-order valence-electron chi connectivity index (χ0n) is 4.66. The number of alkyl halides is 6. The molecule has 0 bridgehead atoms. The summed E-state index contributed by atoms with van der Waals surface area (Å²) in [5.74, 6) is 0. The van der Waals surface area contributed by atoms with Crippen LogP contribution in [0.25, 0.3) is 0 Å². The van der Waals surface area contributed by atoms with Crippen molar-refractivity contribution in [1.82, 2.24) is 0 Å². The maximum absolute atomic E-state index is 11.0. The van der Waals surface area contributed by atoms with E-state index in [2.05, 4.69) is 0 Å². The van der Waals surface area contributed by atoms with Gasteiger partial charge in [-0.25, -0.2) is 0 Å². The van der Waals surface area contributed by atoms with Crippen LogP contribution in [-0.4, -0.2) is 18.6 Å². The number of nitrogens with zero attached hydrogens (tertiary/aromatic N) is 2. The van der Waals surface area contributed by atoms with Crippen molar-refractivity contribution in [3.8, 4) is 0 Å². The largest absolute Gasteiger partial charge is 0.512 e. The molecule has 0 spiro atoms. The van der Waals surface area contributed by atoms with Gasteiger partial charge in [0.25, 0.3) is 0 Å². The van der Waals surface area contributed by atoms with Crippen molar-refractivity contribution in [1.29, 1.82) is 0 Å². The molecule has 0 heterocycles. The Morgan fingerprint density at radius 1 is 0.727 bits per heavy atom. The molecule has 2 nitrogen and oxygen atoms in total. The van der Waals surface area contributed by atoms with E-state index in [9.17, 15) is 26.3 Å². The van der Waals surface area contributed by atoms with Gasteiger partial charge in [-0.1, -0.05) is 0 Å². The molecule has 0 unspecified atom stereocenters. The van der Waals surface area contributed by atoms with Crippen molar-refractivity contribution in [2.24, 2.45) is 9.98 Å². The van der Waals surface area contributed by atoms with Gasteiger partial charge in [0.1, 0.15) is 6.01 Å². The Morgan fingerprint density at radius 3 is 1.18 bits per heavy atom. The van der Waals surface area contributed by atoms with Crippen LogP contribution in [0.2, 0.25) is 0 Å². The van der Waals surface area contributed by atoms with Gasteiger partial charge < -0.3 is 0 Å². The lowest BCUT2D eigenvalue weighted by molar-refractivity contribution is -0.122. The first-order chi connectivity index (χ1) is 4.71. The predicted molar refractivity (Wildman–Crippen MR) is 22.0 cm³/mol. The lowest BCUT2D eigenvalue weighted by Gasteiger charge is -1.93. The monoisotopic (exact) mass is 178 g/mol. The van der Waals surface area contributed by atoms with Crippen LogP contribution in [-0.2, 0) is 0 Å². The summed E-state index contributed by atoms with van der Waals surface area (Å²) in [7, 11) is 0. The molecule has 0 rings (SSSR count). The summed E-state index contributed by atoms with van der Waals surface area (Å²) in [4.78, 5) is 2.81. The van der Waals surface area contributed by atoms with E-state index in [1.54, 1.807) is 0 Å². The first kappa shape index (κ1) is 9.96. The quantitative estimate of drug-likeness (QED) is 0.308. The van der Waals surface area contributed by atoms with E-state index < -0.39 is 12.6 Å². The Balaban J connectivity index is 4.25. The SMILES string of the molecule is FC(F)(F)N=C=NC(F)(F)F. The number of halogens is 6. The summed E-state index contributed by atoms with van der Waals surface area (Å²) < 4.78 is 65.8. The first-order valence-electron chi connectivity index (χ1n) is 2.03. The average molecular weight is 178 g/mol. The van der Waals surface area contributed by atoms with Crippen LogP contribution in [0.15, 0.2) is 9.98 Å². The third-order valence-electron chi connectivity index (χ3n) is 0.354. The summed E-state index contributed by atoms with van der Waals surface area (Å²) in [6.45, 7) is 0. The summed E-state index contributed by atoms with van der Waals surface area (Å²) in [6.07, 6.45) is -10.1. The van der Waals surface area contributed by atoms with Crippen LogP contribution < -0.4 is 0 Å². The fraction of sp³-hybridized carbons (Fsp3) is 0.667. The molecule has 64 valence electrons. The zero-order valence-corrected chi connectivity index (χ0v) is 4.66. The molecular formula is C3F6N2. The minimum atomic E-state index is -5.06. The number of hydrogen-bond donors (Lipinski definition) is 0. The second-order valence-corrected chi connectivity index (χ2v) is 1.26. The highest BCUT2D eigenvalue weighted by molar-refractivity contribution is 5.41. The number of rotatable bonds is 0. The van der Waals surface area contributed by atoms with Crippen LogP contribution in [0.5, 0.6) is 0 Å². The van der Waals surface area contributed by atoms with Gasteiger partial charge in [0.05, 0.1) is 0 Å². The second-order valence-electron chi connectivity index (χ2n) is 1.26. The van der Waals surface area contributed by atoms with Crippen LogP contribution in [0, 0.1) is 0 Å². The van der Waals surface area contributed by atoms with Gasteiger partial charge in [-0.15, -0.1) is 36.3 Å². The first-order valence-corrected chi connectivity index (χ1v) is 2.03. The topological polar surface area (TPSA) is 24.7 Å². The second kappa shape index (κ2) is 2.91. The minimum absolute atomic E-state index is 0.465. The van der Waals surface area contributed by atoms with Gasteiger partial charge in [0.15, 0.2) is 0 Å². The highest BCUT2D eigenvalue weighted by atomic mass is 19.4. The fourth-order valence-corrected chi connectivity index (χ4v) is 0.138. The third kappa shape index (κ3) is 8.96. The van der Waals surface area contributed by atoms with E-state index in [4.69, 9.17) is 0 Å². The van der Waals surface area contributed by atoms with Crippen LogP contribution in [0.1, 0.15) is 0 Å². The number of hydrogen-bond acceptors (Lipinski definition) is 2. The standard InChI is InChI=1S/C3F6N2/c4-2(5,6)10-1-11-3(7,8)9. The molecule has 0 aromatic heterocycles. The van der Waals surface area contributed by atoms with Crippen molar-refractivity contribution in [2.45, 2.75) is 12.6 Å². The Hall–Kier alpha value is -1.04. The normalized spacial score (nSPS) is 12.2. The van der Waals surface area contributed by atoms with E-state index in [1.165, 1.54) is 9.98 Å². The lowest BCUT2D eigenvalue weighted by Crippen LogP contribution is -2.03. The van der Waals surface area contributed by atoms with Gasteiger partial charge in [0.2, 0.25) is 0 Å². The summed E-state index contributed by atoms with van der Waals surface area (Å²) >= 11 is 0. The molecule has 0 aromatic rings. The Morgan fingerprint density at radius 2 is 1.00 bits per heavy atom. The van der Waals surface area contributed by atoms with Gasteiger partial charge >= 0.3 is 12.6 Å². The van der Waals surface area contributed by atoms with E-state index in [-0.39, 0.29) is 0 Å². The van der Waals surface area contributed by atoms with Gasteiger partial charge in [-0.2, -0.15) is 0 Å². The molecule has 0 aromatic carbocycles. The minimum Gasteiger partial charge on any atom is -0.148 e. The molecule has 0 radical (unpaired) electrons. The number of aliphatic imine (C=N–C) groups is 2. The van der Waals surface area contributed by atoms with Crippen molar-refractivity contribution in [3.63, 3.8) is 0 Å². The highest BCUT2D eigenvalue weighted by Gasteiger charge is 2.28. The summed E-state index contributed by atoms with van der Waals surface area (Å²) in [6, 6.07) is 0.465. The molecule has 11 heavy (non-hydrogen) atoms.